The molecule has 0 saturated carbocycles. The highest BCUT2D eigenvalue weighted by atomic mass is 35.5. The summed E-state index contributed by atoms with van der Waals surface area (Å²) in [4.78, 5) is 11.6. The van der Waals surface area contributed by atoms with Crippen LogP contribution in [0.2, 0.25) is 5.22 Å². The first-order valence-corrected chi connectivity index (χ1v) is 7.39. The van der Waals surface area contributed by atoms with E-state index in [0.29, 0.717) is 13.0 Å². The normalized spacial score (nSPS) is 22.5. The van der Waals surface area contributed by atoms with Crippen LogP contribution in [-0.4, -0.2) is 32.4 Å². The summed E-state index contributed by atoms with van der Waals surface area (Å²) in [5, 5.41) is 2.70. The second-order valence-corrected chi connectivity index (χ2v) is 6.66. The molecule has 1 aromatic heterocycles. The maximum Gasteiger partial charge on any atom is 0.256 e. The standard InChI is InChI=1S/C10H12ClNO4S/c11-9-8(1-3-16-9)10(13)12-5-7-2-4-17(14,15)6-7/h1,3,7H,2,4-6H2,(H,12,13). The van der Waals surface area contributed by atoms with E-state index < -0.39 is 9.84 Å². The Labute approximate surface area is 104 Å². The molecule has 7 heteroatoms. The van der Waals surface area contributed by atoms with Crippen LogP contribution in [0.5, 0.6) is 0 Å². The van der Waals surface area contributed by atoms with Crippen LogP contribution in [0, 0.1) is 5.92 Å². The predicted octanol–water partition coefficient (Wildman–Crippen LogP) is 1.10. The minimum atomic E-state index is -2.90. The summed E-state index contributed by atoms with van der Waals surface area (Å²) in [6.07, 6.45) is 1.93. The van der Waals surface area contributed by atoms with Crippen LogP contribution in [-0.2, 0) is 9.84 Å². The quantitative estimate of drug-likeness (QED) is 0.897. The number of halogens is 1. The molecule has 5 nitrogen and oxygen atoms in total. The van der Waals surface area contributed by atoms with Crippen molar-refractivity contribution in [3.05, 3.63) is 23.1 Å². The zero-order valence-corrected chi connectivity index (χ0v) is 10.6. The number of amides is 1. The zero-order chi connectivity index (χ0) is 12.5. The summed E-state index contributed by atoms with van der Waals surface area (Å²) < 4.78 is 27.2. The largest absolute Gasteiger partial charge is 0.452 e. The van der Waals surface area contributed by atoms with Crippen molar-refractivity contribution in [1.82, 2.24) is 5.32 Å². The molecule has 1 amide bonds. The molecule has 94 valence electrons. The van der Waals surface area contributed by atoms with Gasteiger partial charge in [-0.3, -0.25) is 4.79 Å². The Hall–Kier alpha value is -1.01. The lowest BCUT2D eigenvalue weighted by molar-refractivity contribution is 0.0948. The molecule has 0 radical (unpaired) electrons. The van der Waals surface area contributed by atoms with Crippen molar-refractivity contribution in [1.29, 1.82) is 0 Å². The molecule has 1 aliphatic heterocycles. The lowest BCUT2D eigenvalue weighted by Gasteiger charge is -2.08. The average Bonchev–Trinajstić information content (AvgIpc) is 2.81. The van der Waals surface area contributed by atoms with Crippen LogP contribution in [0.1, 0.15) is 16.8 Å². The molecule has 0 bridgehead atoms. The van der Waals surface area contributed by atoms with E-state index in [2.05, 4.69) is 5.32 Å². The zero-order valence-electron chi connectivity index (χ0n) is 8.98. The molecule has 0 aliphatic carbocycles. The van der Waals surface area contributed by atoms with Crippen LogP contribution in [0.25, 0.3) is 0 Å². The van der Waals surface area contributed by atoms with Gasteiger partial charge in [0.2, 0.25) is 5.22 Å². The lowest BCUT2D eigenvalue weighted by atomic mass is 10.1. The van der Waals surface area contributed by atoms with E-state index in [1.54, 1.807) is 0 Å². The second-order valence-electron chi connectivity index (χ2n) is 4.09. The fourth-order valence-electron chi connectivity index (χ4n) is 1.82. The van der Waals surface area contributed by atoms with Crippen molar-refractivity contribution in [2.45, 2.75) is 6.42 Å². The van der Waals surface area contributed by atoms with Gasteiger partial charge in [-0.1, -0.05) is 0 Å². The van der Waals surface area contributed by atoms with E-state index in [-0.39, 0.29) is 34.1 Å². The number of carbonyl (C=O) groups excluding carboxylic acids is 1. The van der Waals surface area contributed by atoms with Gasteiger partial charge in [-0.05, 0) is 30.0 Å². The fraction of sp³-hybridized carbons (Fsp3) is 0.500. The van der Waals surface area contributed by atoms with Crippen molar-refractivity contribution in [3.63, 3.8) is 0 Å². The average molecular weight is 278 g/mol. The van der Waals surface area contributed by atoms with Crippen molar-refractivity contribution >= 4 is 27.3 Å². The van der Waals surface area contributed by atoms with Gasteiger partial charge in [0.05, 0.1) is 23.3 Å². The molecule has 0 aromatic carbocycles. The second kappa shape index (κ2) is 4.70. The van der Waals surface area contributed by atoms with E-state index in [0.717, 1.165) is 0 Å². The Kier molecular flexibility index (Phi) is 3.44. The number of furan rings is 1. The Morgan fingerprint density at radius 1 is 1.59 bits per heavy atom. The van der Waals surface area contributed by atoms with Gasteiger partial charge < -0.3 is 9.73 Å². The maximum absolute atomic E-state index is 11.6. The monoisotopic (exact) mass is 277 g/mol. The van der Waals surface area contributed by atoms with Crippen molar-refractivity contribution < 1.29 is 17.6 Å². The number of hydrogen-bond acceptors (Lipinski definition) is 4. The molecule has 0 spiro atoms. The first kappa shape index (κ1) is 12.4. The van der Waals surface area contributed by atoms with Gasteiger partial charge in [0.1, 0.15) is 0 Å². The highest BCUT2D eigenvalue weighted by molar-refractivity contribution is 7.91. The Morgan fingerprint density at radius 3 is 2.88 bits per heavy atom. The van der Waals surface area contributed by atoms with Crippen LogP contribution in [0.4, 0.5) is 0 Å². The van der Waals surface area contributed by atoms with E-state index in [4.69, 9.17) is 16.0 Å². The Balaban J connectivity index is 1.88. The number of rotatable bonds is 3. The van der Waals surface area contributed by atoms with Gasteiger partial charge in [0.25, 0.3) is 5.91 Å². The van der Waals surface area contributed by atoms with Gasteiger partial charge in [-0.25, -0.2) is 8.42 Å². The molecular weight excluding hydrogens is 266 g/mol. The van der Waals surface area contributed by atoms with E-state index in [1.165, 1.54) is 12.3 Å². The molecule has 1 aromatic rings. The maximum atomic E-state index is 11.6. The van der Waals surface area contributed by atoms with Gasteiger partial charge in [-0.15, -0.1) is 0 Å². The Morgan fingerprint density at radius 2 is 2.35 bits per heavy atom. The smallest absolute Gasteiger partial charge is 0.256 e. The van der Waals surface area contributed by atoms with Gasteiger partial charge >= 0.3 is 0 Å². The topological polar surface area (TPSA) is 76.4 Å². The van der Waals surface area contributed by atoms with Gasteiger partial charge in [-0.2, -0.15) is 0 Å². The number of carbonyl (C=O) groups is 1. The molecule has 1 aliphatic rings. The molecular formula is C10H12ClNO4S. The predicted molar refractivity (Wildman–Crippen MR) is 62.8 cm³/mol. The molecule has 1 N–H and O–H groups in total. The first-order chi connectivity index (χ1) is 7.98. The minimum Gasteiger partial charge on any atom is -0.452 e. The summed E-state index contributed by atoms with van der Waals surface area (Å²) in [6.45, 7) is 0.347. The fourth-order valence-corrected chi connectivity index (χ4v) is 3.88. The van der Waals surface area contributed by atoms with E-state index in [9.17, 15) is 13.2 Å². The van der Waals surface area contributed by atoms with Gasteiger partial charge in [0.15, 0.2) is 9.84 Å². The molecule has 1 atom stereocenters. The highest BCUT2D eigenvalue weighted by Gasteiger charge is 2.28. The van der Waals surface area contributed by atoms with Crippen LogP contribution < -0.4 is 5.32 Å². The van der Waals surface area contributed by atoms with Crippen LogP contribution >= 0.6 is 11.6 Å². The van der Waals surface area contributed by atoms with Gasteiger partial charge in [0, 0.05) is 6.54 Å². The van der Waals surface area contributed by atoms with Crippen LogP contribution in [0.15, 0.2) is 16.7 Å². The Bertz CT molecular complexity index is 522. The third-order valence-corrected chi connectivity index (χ3v) is 4.87. The number of sulfone groups is 1. The molecule has 1 fully saturated rings. The van der Waals surface area contributed by atoms with Crippen molar-refractivity contribution in [3.8, 4) is 0 Å². The molecule has 1 unspecified atom stereocenters. The molecule has 1 saturated heterocycles. The van der Waals surface area contributed by atoms with Crippen molar-refractivity contribution in [2.24, 2.45) is 5.92 Å². The number of nitrogens with one attached hydrogen (secondary N) is 1. The van der Waals surface area contributed by atoms with E-state index in [1.807, 2.05) is 0 Å². The molecule has 2 rings (SSSR count). The number of hydrogen-bond donors (Lipinski definition) is 1. The summed E-state index contributed by atoms with van der Waals surface area (Å²) in [6, 6.07) is 1.48. The van der Waals surface area contributed by atoms with Crippen molar-refractivity contribution in [2.75, 3.05) is 18.1 Å². The third-order valence-electron chi connectivity index (χ3n) is 2.74. The highest BCUT2D eigenvalue weighted by Crippen LogP contribution is 2.19. The van der Waals surface area contributed by atoms with Crippen LogP contribution in [0.3, 0.4) is 0 Å². The van der Waals surface area contributed by atoms with E-state index >= 15 is 0 Å². The molecule has 2 heterocycles. The SMILES string of the molecule is O=C(NCC1CCS(=O)(=O)C1)c1ccoc1Cl. The summed E-state index contributed by atoms with van der Waals surface area (Å²) in [5.41, 5.74) is 0.271. The summed E-state index contributed by atoms with van der Waals surface area (Å²) >= 11 is 5.65. The first-order valence-electron chi connectivity index (χ1n) is 5.19. The third kappa shape index (κ3) is 3.01. The summed E-state index contributed by atoms with van der Waals surface area (Å²) in [5.74, 6) is 0.00883. The molecule has 17 heavy (non-hydrogen) atoms. The minimum absolute atomic E-state index is 0.00498. The summed E-state index contributed by atoms with van der Waals surface area (Å²) in [7, 11) is -2.90. The lowest BCUT2D eigenvalue weighted by Crippen LogP contribution is -2.29.